The lowest BCUT2D eigenvalue weighted by molar-refractivity contribution is -0.138. The molecule has 0 spiro atoms. The summed E-state index contributed by atoms with van der Waals surface area (Å²) in [4.78, 5) is 47.5. The number of carbonyl (C=O) groups is 4. The lowest BCUT2D eigenvalue weighted by atomic mass is 10.1. The number of benzene rings is 3. The summed E-state index contributed by atoms with van der Waals surface area (Å²) in [7, 11) is 0. The van der Waals surface area contributed by atoms with Crippen LogP contribution in [0.1, 0.15) is 90.5 Å². The van der Waals surface area contributed by atoms with Crippen molar-refractivity contribution in [1.82, 2.24) is 0 Å². The van der Waals surface area contributed by atoms with E-state index in [4.69, 9.17) is 28.4 Å². The molecule has 3 aromatic rings. The van der Waals surface area contributed by atoms with Gasteiger partial charge in [0.25, 0.3) is 0 Å². The number of ether oxygens (including phenoxy) is 6. The molecule has 0 aromatic heterocycles. The van der Waals surface area contributed by atoms with Gasteiger partial charge in [0.1, 0.15) is 23.0 Å². The molecule has 272 valence electrons. The molecule has 10 nitrogen and oxygen atoms in total. The van der Waals surface area contributed by atoms with E-state index >= 15 is 0 Å². The summed E-state index contributed by atoms with van der Waals surface area (Å²) in [5, 5.41) is 0. The van der Waals surface area contributed by atoms with Gasteiger partial charge in [0.15, 0.2) is 0 Å². The topological polar surface area (TPSA) is 124 Å². The molecule has 0 aliphatic heterocycles. The second kappa shape index (κ2) is 23.1. The lowest BCUT2D eigenvalue weighted by Crippen LogP contribution is -2.10. The summed E-state index contributed by atoms with van der Waals surface area (Å²) in [6.45, 7) is 10.5. The van der Waals surface area contributed by atoms with Crippen LogP contribution in [0.25, 0.3) is 0 Å². The van der Waals surface area contributed by atoms with Gasteiger partial charge in [0, 0.05) is 12.2 Å². The van der Waals surface area contributed by atoms with Crippen molar-refractivity contribution in [2.45, 2.75) is 71.1 Å². The van der Waals surface area contributed by atoms with E-state index < -0.39 is 23.9 Å². The van der Waals surface area contributed by atoms with Crippen LogP contribution in [0.5, 0.6) is 23.0 Å². The second-order valence-electron chi connectivity index (χ2n) is 11.7. The molecule has 0 N–H and O–H groups in total. The average Bonchev–Trinajstić information content (AvgIpc) is 3.14. The predicted octanol–water partition coefficient (Wildman–Crippen LogP) is 8.55. The smallest absolute Gasteiger partial charge is 0.343 e. The Morgan fingerprint density at radius 1 is 0.510 bits per heavy atom. The maximum absolute atomic E-state index is 12.8. The van der Waals surface area contributed by atoms with Gasteiger partial charge in [-0.2, -0.15) is 0 Å². The van der Waals surface area contributed by atoms with Gasteiger partial charge in [-0.1, -0.05) is 51.7 Å². The van der Waals surface area contributed by atoms with Crippen LogP contribution in [-0.4, -0.2) is 50.3 Å². The number of aryl methyl sites for hydroxylation is 1. The zero-order chi connectivity index (χ0) is 36.7. The monoisotopic (exact) mass is 700 g/mol. The van der Waals surface area contributed by atoms with Crippen LogP contribution in [-0.2, 0) is 19.1 Å². The van der Waals surface area contributed by atoms with Crippen LogP contribution in [0.4, 0.5) is 0 Å². The highest BCUT2D eigenvalue weighted by Crippen LogP contribution is 2.26. The average molecular weight is 701 g/mol. The molecule has 10 heteroatoms. The van der Waals surface area contributed by atoms with E-state index in [0.29, 0.717) is 66.1 Å². The van der Waals surface area contributed by atoms with Crippen LogP contribution < -0.4 is 18.9 Å². The molecule has 0 heterocycles. The molecule has 0 aliphatic carbocycles. The quantitative estimate of drug-likeness (QED) is 0.0389. The summed E-state index contributed by atoms with van der Waals surface area (Å²) < 4.78 is 32.6. The minimum absolute atomic E-state index is 0.326. The maximum atomic E-state index is 12.8. The van der Waals surface area contributed by atoms with Gasteiger partial charge in [-0.25, -0.2) is 19.2 Å². The summed E-state index contributed by atoms with van der Waals surface area (Å²) in [6, 6.07) is 18.3. The first-order valence-electron chi connectivity index (χ1n) is 17.4. The van der Waals surface area contributed by atoms with Crippen LogP contribution >= 0.6 is 0 Å². The molecular weight excluding hydrogens is 652 g/mol. The van der Waals surface area contributed by atoms with Gasteiger partial charge in [-0.3, -0.25) is 0 Å². The number of unbranched alkanes of at least 4 members (excludes halogenated alkanes) is 8. The third-order valence-corrected chi connectivity index (χ3v) is 7.68. The number of esters is 4. The van der Waals surface area contributed by atoms with Crippen molar-refractivity contribution in [3.05, 3.63) is 109 Å². The van der Waals surface area contributed by atoms with Crippen LogP contribution in [0.3, 0.4) is 0 Å². The number of hydrogen-bond acceptors (Lipinski definition) is 10. The normalized spacial score (nSPS) is 10.5. The molecule has 0 aliphatic rings. The highest BCUT2D eigenvalue weighted by Gasteiger charge is 2.14. The van der Waals surface area contributed by atoms with Gasteiger partial charge in [-0.15, -0.1) is 0 Å². The molecule has 0 fully saturated rings. The Morgan fingerprint density at radius 2 is 0.902 bits per heavy atom. The molecule has 0 saturated heterocycles. The lowest BCUT2D eigenvalue weighted by Gasteiger charge is -2.11. The first-order chi connectivity index (χ1) is 24.8. The zero-order valence-electron chi connectivity index (χ0n) is 29.4. The molecule has 0 atom stereocenters. The summed E-state index contributed by atoms with van der Waals surface area (Å²) in [5.74, 6) is 0.196. The number of rotatable bonds is 24. The molecular formula is C41H48O10. The van der Waals surface area contributed by atoms with Gasteiger partial charge in [-0.05, 0) is 105 Å². The first-order valence-corrected chi connectivity index (χ1v) is 17.4. The third kappa shape index (κ3) is 15.8. The summed E-state index contributed by atoms with van der Waals surface area (Å²) in [5.41, 5.74) is 1.38. The van der Waals surface area contributed by atoms with Crippen LogP contribution in [0.15, 0.2) is 92.0 Å². The fourth-order valence-corrected chi connectivity index (χ4v) is 4.81. The van der Waals surface area contributed by atoms with Gasteiger partial charge in [0.05, 0.1) is 37.6 Å². The van der Waals surface area contributed by atoms with Crippen LogP contribution in [0, 0.1) is 6.92 Å². The Morgan fingerprint density at radius 3 is 1.33 bits per heavy atom. The van der Waals surface area contributed by atoms with Crippen molar-refractivity contribution in [2.24, 2.45) is 0 Å². The van der Waals surface area contributed by atoms with Crippen molar-refractivity contribution < 1.29 is 47.6 Å². The molecule has 3 aromatic carbocycles. The standard InChI is InChI=1S/C41H48O10/c1-4-38(42)48-28-14-10-6-8-12-26-46-34-20-16-32(17-21-34)40(44)50-36-24-25-37(31(3)30-36)51-41(45)33-18-22-35(23-19-33)47-27-13-9-7-11-15-29-49-39(43)5-2/h4-5,16-25,30H,1-2,6-15,26-29H2,3H3. The molecule has 0 radical (unpaired) electrons. The molecule has 0 saturated carbocycles. The van der Waals surface area contributed by atoms with Crippen molar-refractivity contribution in [3.8, 4) is 23.0 Å². The minimum atomic E-state index is -0.518. The van der Waals surface area contributed by atoms with E-state index in [1.807, 2.05) is 0 Å². The van der Waals surface area contributed by atoms with E-state index in [1.165, 1.54) is 0 Å². The minimum Gasteiger partial charge on any atom is -0.494 e. The van der Waals surface area contributed by atoms with Gasteiger partial charge in [0.2, 0.25) is 0 Å². The highest BCUT2D eigenvalue weighted by molar-refractivity contribution is 5.92. The Kier molecular flexibility index (Phi) is 18.1. The van der Waals surface area contributed by atoms with E-state index in [-0.39, 0.29) is 0 Å². The van der Waals surface area contributed by atoms with Crippen LogP contribution in [0.2, 0.25) is 0 Å². The Bertz CT molecular complexity index is 1560. The zero-order valence-corrected chi connectivity index (χ0v) is 29.4. The van der Waals surface area contributed by atoms with E-state index in [0.717, 1.165) is 76.4 Å². The third-order valence-electron chi connectivity index (χ3n) is 7.68. The summed E-state index contributed by atoms with van der Waals surface area (Å²) >= 11 is 0. The largest absolute Gasteiger partial charge is 0.494 e. The molecule has 51 heavy (non-hydrogen) atoms. The highest BCUT2D eigenvalue weighted by atomic mass is 16.5. The van der Waals surface area contributed by atoms with Crippen molar-refractivity contribution >= 4 is 23.9 Å². The SMILES string of the molecule is C=CC(=O)OCCCCCCCOc1ccc(C(=O)Oc2ccc(OC(=O)c3ccc(OCCCCCCCOC(=O)C=C)cc3)c(C)c2)cc1. The summed E-state index contributed by atoms with van der Waals surface area (Å²) in [6.07, 6.45) is 11.8. The number of hydrogen-bond donors (Lipinski definition) is 0. The molecule has 0 amide bonds. The first kappa shape index (κ1) is 40.1. The van der Waals surface area contributed by atoms with Gasteiger partial charge >= 0.3 is 23.9 Å². The second-order valence-corrected chi connectivity index (χ2v) is 11.7. The van der Waals surface area contributed by atoms with E-state index in [2.05, 4.69) is 13.2 Å². The van der Waals surface area contributed by atoms with E-state index in [9.17, 15) is 19.2 Å². The maximum Gasteiger partial charge on any atom is 0.343 e. The van der Waals surface area contributed by atoms with Crippen molar-refractivity contribution in [2.75, 3.05) is 26.4 Å². The predicted molar refractivity (Wildman–Crippen MR) is 193 cm³/mol. The molecule has 0 unspecified atom stereocenters. The fraction of sp³-hybridized carbons (Fsp3) is 0.366. The molecule has 0 bridgehead atoms. The number of carbonyl (C=O) groups excluding carboxylic acids is 4. The molecule has 3 rings (SSSR count). The van der Waals surface area contributed by atoms with Gasteiger partial charge < -0.3 is 28.4 Å². The van der Waals surface area contributed by atoms with Crippen molar-refractivity contribution in [3.63, 3.8) is 0 Å². The van der Waals surface area contributed by atoms with E-state index in [1.54, 1.807) is 73.7 Å². The Hall–Kier alpha value is -5.38. The Balaban J connectivity index is 1.33. The van der Waals surface area contributed by atoms with Crippen molar-refractivity contribution in [1.29, 1.82) is 0 Å². The Labute approximate surface area is 300 Å². The fourth-order valence-electron chi connectivity index (χ4n) is 4.81.